The fourth-order valence-electron chi connectivity index (χ4n) is 2.02. The molecule has 17 heavy (non-hydrogen) atoms. The SMILES string of the molecule is CCCCC(CC)c1cnccc1C(F)(F)F. The summed E-state index contributed by atoms with van der Waals surface area (Å²) in [5, 5.41) is 0. The molecule has 1 unspecified atom stereocenters. The van der Waals surface area contributed by atoms with Gasteiger partial charge in [-0.2, -0.15) is 13.2 Å². The van der Waals surface area contributed by atoms with E-state index < -0.39 is 11.7 Å². The van der Waals surface area contributed by atoms with Gasteiger partial charge in [-0.1, -0.05) is 26.7 Å². The van der Waals surface area contributed by atoms with Crippen molar-refractivity contribution in [2.24, 2.45) is 0 Å². The van der Waals surface area contributed by atoms with E-state index in [0.717, 1.165) is 31.7 Å². The van der Waals surface area contributed by atoms with Crippen molar-refractivity contribution in [2.45, 2.75) is 51.6 Å². The number of unbranched alkanes of at least 4 members (excludes halogenated alkanes) is 1. The Kier molecular flexibility index (Phi) is 4.97. The summed E-state index contributed by atoms with van der Waals surface area (Å²) < 4.78 is 38.5. The summed E-state index contributed by atoms with van der Waals surface area (Å²) in [6.07, 6.45) is 1.75. The quantitative estimate of drug-likeness (QED) is 0.727. The molecule has 0 bridgehead atoms. The number of hydrogen-bond acceptors (Lipinski definition) is 1. The van der Waals surface area contributed by atoms with Gasteiger partial charge in [0.1, 0.15) is 0 Å². The van der Waals surface area contributed by atoms with Gasteiger partial charge in [-0.15, -0.1) is 0 Å². The number of halogens is 3. The average molecular weight is 245 g/mol. The molecule has 0 N–H and O–H groups in total. The molecule has 1 atom stereocenters. The van der Waals surface area contributed by atoms with Crippen molar-refractivity contribution in [3.05, 3.63) is 29.6 Å². The van der Waals surface area contributed by atoms with Crippen LogP contribution >= 0.6 is 0 Å². The molecule has 0 aliphatic carbocycles. The Labute approximate surface area is 100 Å². The molecule has 0 radical (unpaired) electrons. The van der Waals surface area contributed by atoms with Crippen LogP contribution in [-0.2, 0) is 6.18 Å². The van der Waals surface area contributed by atoms with Gasteiger partial charge in [-0.3, -0.25) is 4.98 Å². The van der Waals surface area contributed by atoms with Gasteiger partial charge in [-0.05, 0) is 30.4 Å². The lowest BCUT2D eigenvalue weighted by molar-refractivity contribution is -0.138. The second-order valence-corrected chi connectivity index (χ2v) is 4.21. The normalized spacial score (nSPS) is 13.7. The smallest absolute Gasteiger partial charge is 0.264 e. The zero-order chi connectivity index (χ0) is 12.9. The van der Waals surface area contributed by atoms with Gasteiger partial charge in [0.2, 0.25) is 0 Å². The standard InChI is InChI=1S/C13H18F3N/c1-3-5-6-10(4-2)11-9-17-8-7-12(11)13(14,15)16/h7-10H,3-6H2,1-2H3. The molecule has 0 aliphatic heterocycles. The predicted molar refractivity (Wildman–Crippen MR) is 61.8 cm³/mol. The number of alkyl halides is 3. The topological polar surface area (TPSA) is 12.9 Å². The van der Waals surface area contributed by atoms with Gasteiger partial charge in [-0.25, -0.2) is 0 Å². The molecule has 4 heteroatoms. The van der Waals surface area contributed by atoms with Crippen molar-refractivity contribution in [1.82, 2.24) is 4.98 Å². The van der Waals surface area contributed by atoms with Crippen LogP contribution in [-0.4, -0.2) is 4.98 Å². The molecule has 1 nitrogen and oxygen atoms in total. The largest absolute Gasteiger partial charge is 0.416 e. The van der Waals surface area contributed by atoms with Crippen molar-refractivity contribution in [1.29, 1.82) is 0 Å². The van der Waals surface area contributed by atoms with Crippen molar-refractivity contribution in [3.8, 4) is 0 Å². The van der Waals surface area contributed by atoms with Crippen molar-refractivity contribution >= 4 is 0 Å². The Morgan fingerprint density at radius 3 is 2.53 bits per heavy atom. The summed E-state index contributed by atoms with van der Waals surface area (Å²) in [5.74, 6) is -0.0414. The Bertz CT molecular complexity index is 347. The average Bonchev–Trinajstić information content (AvgIpc) is 2.29. The van der Waals surface area contributed by atoms with Crippen LogP contribution < -0.4 is 0 Å². The fraction of sp³-hybridized carbons (Fsp3) is 0.615. The maximum Gasteiger partial charge on any atom is 0.416 e. The Balaban J connectivity index is 3.02. The molecule has 0 spiro atoms. The maximum atomic E-state index is 12.8. The second kappa shape index (κ2) is 6.03. The maximum absolute atomic E-state index is 12.8. The van der Waals surface area contributed by atoms with E-state index in [4.69, 9.17) is 0 Å². The van der Waals surface area contributed by atoms with Crippen LogP contribution in [0.4, 0.5) is 13.2 Å². The molecule has 0 fully saturated rings. The lowest BCUT2D eigenvalue weighted by atomic mass is 9.89. The van der Waals surface area contributed by atoms with Gasteiger partial charge >= 0.3 is 6.18 Å². The highest BCUT2D eigenvalue weighted by Gasteiger charge is 2.34. The fourth-order valence-corrected chi connectivity index (χ4v) is 2.02. The van der Waals surface area contributed by atoms with Crippen LogP contribution in [0.2, 0.25) is 0 Å². The Hall–Kier alpha value is -1.06. The number of hydrogen-bond donors (Lipinski definition) is 0. The molecule has 0 aromatic carbocycles. The first-order chi connectivity index (χ1) is 8.00. The van der Waals surface area contributed by atoms with E-state index in [2.05, 4.69) is 4.98 Å². The third-order valence-corrected chi connectivity index (χ3v) is 3.00. The number of nitrogens with zero attached hydrogens (tertiary/aromatic N) is 1. The van der Waals surface area contributed by atoms with Crippen molar-refractivity contribution < 1.29 is 13.2 Å². The third-order valence-electron chi connectivity index (χ3n) is 3.00. The van der Waals surface area contributed by atoms with Crippen molar-refractivity contribution in [3.63, 3.8) is 0 Å². The van der Waals surface area contributed by atoms with Crippen molar-refractivity contribution in [2.75, 3.05) is 0 Å². The minimum atomic E-state index is -4.28. The van der Waals surface area contributed by atoms with Crippen LogP contribution in [0, 0.1) is 0 Å². The van der Waals surface area contributed by atoms with Gasteiger partial charge in [0.25, 0.3) is 0 Å². The summed E-state index contributed by atoms with van der Waals surface area (Å²) in [6.45, 7) is 3.97. The molecular formula is C13H18F3N. The summed E-state index contributed by atoms with van der Waals surface area (Å²) >= 11 is 0. The summed E-state index contributed by atoms with van der Waals surface area (Å²) in [6, 6.07) is 1.07. The molecule has 0 amide bonds. The zero-order valence-corrected chi connectivity index (χ0v) is 10.2. The minimum Gasteiger partial charge on any atom is -0.264 e. The van der Waals surface area contributed by atoms with E-state index in [1.54, 1.807) is 0 Å². The first-order valence-electron chi connectivity index (χ1n) is 6.01. The summed E-state index contributed by atoms with van der Waals surface area (Å²) in [4.78, 5) is 3.84. The van der Waals surface area contributed by atoms with E-state index in [1.165, 1.54) is 12.4 Å². The minimum absolute atomic E-state index is 0.0414. The van der Waals surface area contributed by atoms with E-state index >= 15 is 0 Å². The zero-order valence-electron chi connectivity index (χ0n) is 10.2. The number of rotatable bonds is 5. The van der Waals surface area contributed by atoms with Gasteiger partial charge in [0.05, 0.1) is 5.56 Å². The van der Waals surface area contributed by atoms with Crippen LogP contribution in [0.1, 0.15) is 56.6 Å². The first kappa shape index (κ1) is 14.0. The van der Waals surface area contributed by atoms with E-state index in [0.29, 0.717) is 5.56 Å². The van der Waals surface area contributed by atoms with Gasteiger partial charge in [0, 0.05) is 12.4 Å². The lowest BCUT2D eigenvalue weighted by Gasteiger charge is -2.19. The molecule has 0 aliphatic rings. The summed E-state index contributed by atoms with van der Waals surface area (Å²) in [7, 11) is 0. The molecule has 96 valence electrons. The number of aromatic nitrogens is 1. The van der Waals surface area contributed by atoms with Crippen LogP contribution in [0.3, 0.4) is 0 Å². The second-order valence-electron chi connectivity index (χ2n) is 4.21. The highest BCUT2D eigenvalue weighted by molar-refractivity contribution is 5.29. The third kappa shape index (κ3) is 3.72. The van der Waals surface area contributed by atoms with E-state index in [9.17, 15) is 13.2 Å². The van der Waals surface area contributed by atoms with Gasteiger partial charge in [0.15, 0.2) is 0 Å². The first-order valence-corrected chi connectivity index (χ1v) is 6.01. The van der Waals surface area contributed by atoms with Crippen LogP contribution in [0.25, 0.3) is 0 Å². The molecule has 1 heterocycles. The Morgan fingerprint density at radius 1 is 1.29 bits per heavy atom. The lowest BCUT2D eigenvalue weighted by Crippen LogP contribution is -2.12. The van der Waals surface area contributed by atoms with E-state index in [-0.39, 0.29) is 5.92 Å². The van der Waals surface area contributed by atoms with Crippen LogP contribution in [0.5, 0.6) is 0 Å². The highest BCUT2D eigenvalue weighted by Crippen LogP contribution is 2.37. The monoisotopic (exact) mass is 245 g/mol. The summed E-state index contributed by atoms with van der Waals surface area (Å²) in [5.41, 5.74) is -0.189. The Morgan fingerprint density at radius 2 is 2.00 bits per heavy atom. The van der Waals surface area contributed by atoms with E-state index in [1.807, 2.05) is 13.8 Å². The molecule has 1 aromatic heterocycles. The van der Waals surface area contributed by atoms with Gasteiger partial charge < -0.3 is 0 Å². The molecule has 1 rings (SSSR count). The highest BCUT2D eigenvalue weighted by atomic mass is 19.4. The predicted octanol–water partition coefficient (Wildman–Crippen LogP) is 4.78. The number of pyridine rings is 1. The molecular weight excluding hydrogens is 227 g/mol. The van der Waals surface area contributed by atoms with Crippen LogP contribution in [0.15, 0.2) is 18.5 Å². The molecule has 1 aromatic rings. The molecule has 0 saturated heterocycles. The molecule has 0 saturated carbocycles.